The summed E-state index contributed by atoms with van der Waals surface area (Å²) in [5.74, 6) is 0.344. The first-order valence-corrected chi connectivity index (χ1v) is 11.0. The number of carbonyl (C=O) groups excluding carboxylic acids is 1. The highest BCUT2D eigenvalue weighted by atomic mass is 32.1. The minimum absolute atomic E-state index is 0.106. The lowest BCUT2D eigenvalue weighted by Crippen LogP contribution is -2.44. The summed E-state index contributed by atoms with van der Waals surface area (Å²) in [6.07, 6.45) is 1.30. The minimum atomic E-state index is -0.403. The molecule has 2 saturated heterocycles. The molecular weight excluding hydrogens is 370 g/mol. The smallest absolute Gasteiger partial charge is 0.253 e. The molecule has 1 atom stereocenters. The molecule has 2 aliphatic rings. The van der Waals surface area contributed by atoms with Crippen molar-refractivity contribution >= 4 is 22.9 Å². The molecule has 0 aliphatic carbocycles. The Morgan fingerprint density at radius 3 is 2.32 bits per heavy atom. The molecule has 1 N–H and O–H groups in total. The van der Waals surface area contributed by atoms with Gasteiger partial charge in [-0.05, 0) is 61.5 Å². The first kappa shape index (κ1) is 19.4. The summed E-state index contributed by atoms with van der Waals surface area (Å²) in [5.41, 5.74) is 1.96. The summed E-state index contributed by atoms with van der Waals surface area (Å²) < 4.78 is 0. The number of likely N-dealkylation sites (N-methyl/N-ethyl adjacent to an activating group) is 1. The van der Waals surface area contributed by atoms with E-state index in [9.17, 15) is 9.90 Å². The lowest BCUT2D eigenvalue weighted by Gasteiger charge is -2.35. The number of piperidine rings is 1. The number of likely N-dealkylation sites (tertiary alicyclic amines) is 1. The van der Waals surface area contributed by atoms with E-state index in [0.717, 1.165) is 49.5 Å². The predicted octanol–water partition coefficient (Wildman–Crippen LogP) is 3.09. The van der Waals surface area contributed by atoms with Gasteiger partial charge in [0.2, 0.25) is 0 Å². The second kappa shape index (κ2) is 8.64. The van der Waals surface area contributed by atoms with Crippen LogP contribution in [0.5, 0.6) is 0 Å². The maximum atomic E-state index is 12.9. The van der Waals surface area contributed by atoms with Crippen LogP contribution in [-0.4, -0.2) is 67.1 Å². The Morgan fingerprint density at radius 1 is 1.04 bits per heavy atom. The van der Waals surface area contributed by atoms with Gasteiger partial charge in [-0.1, -0.05) is 6.07 Å². The van der Waals surface area contributed by atoms with Gasteiger partial charge in [-0.25, -0.2) is 0 Å². The van der Waals surface area contributed by atoms with Gasteiger partial charge in [-0.15, -0.1) is 11.3 Å². The summed E-state index contributed by atoms with van der Waals surface area (Å²) in [6.45, 7) is 5.64. The topological polar surface area (TPSA) is 47.0 Å². The van der Waals surface area contributed by atoms with Crippen LogP contribution in [-0.2, 0) is 0 Å². The second-order valence-corrected chi connectivity index (χ2v) is 8.91. The number of aliphatic hydroxyl groups is 1. The largest absolute Gasteiger partial charge is 0.387 e. The molecule has 4 rings (SSSR count). The lowest BCUT2D eigenvalue weighted by atomic mass is 9.90. The van der Waals surface area contributed by atoms with Crippen LogP contribution in [0.15, 0.2) is 41.8 Å². The third-order valence-corrected chi connectivity index (χ3v) is 7.03. The third-order valence-electron chi connectivity index (χ3n) is 6.09. The molecule has 2 fully saturated rings. The molecule has 28 heavy (non-hydrogen) atoms. The fraction of sp³-hybridized carbons (Fsp3) is 0.500. The number of rotatable bonds is 4. The average molecular weight is 400 g/mol. The average Bonchev–Trinajstić information content (AvgIpc) is 3.28. The molecular formula is C22H29N3O2S. The number of aliphatic hydroxyl groups excluding tert-OH is 1. The molecule has 2 aliphatic heterocycles. The maximum Gasteiger partial charge on any atom is 0.253 e. The highest BCUT2D eigenvalue weighted by Gasteiger charge is 2.29. The molecule has 1 unspecified atom stereocenters. The molecule has 0 saturated carbocycles. The molecule has 6 heteroatoms. The lowest BCUT2D eigenvalue weighted by molar-refractivity contribution is 0.0474. The summed E-state index contributed by atoms with van der Waals surface area (Å²) in [5, 5.41) is 12.5. The van der Waals surface area contributed by atoms with Gasteiger partial charge < -0.3 is 19.8 Å². The van der Waals surface area contributed by atoms with Gasteiger partial charge in [0.25, 0.3) is 5.91 Å². The zero-order chi connectivity index (χ0) is 19.5. The molecule has 1 amide bonds. The number of anilines is 1. The van der Waals surface area contributed by atoms with Crippen molar-refractivity contribution in [2.45, 2.75) is 18.9 Å². The number of carbonyl (C=O) groups is 1. The van der Waals surface area contributed by atoms with Crippen molar-refractivity contribution in [2.24, 2.45) is 5.92 Å². The maximum absolute atomic E-state index is 12.9. The summed E-state index contributed by atoms with van der Waals surface area (Å²) in [6, 6.07) is 12.0. The van der Waals surface area contributed by atoms with Crippen LogP contribution in [0.25, 0.3) is 0 Å². The molecule has 0 bridgehead atoms. The minimum Gasteiger partial charge on any atom is -0.387 e. The SMILES string of the molecule is CN1CCN(c2ccc(C(=O)N3CCC(C(O)c4cccs4)CC3)cc2)CC1. The Bertz CT molecular complexity index is 762. The van der Waals surface area contributed by atoms with E-state index in [2.05, 4.69) is 29.0 Å². The Morgan fingerprint density at radius 2 is 1.71 bits per heavy atom. The van der Waals surface area contributed by atoms with Gasteiger partial charge in [0.1, 0.15) is 0 Å². The Balaban J connectivity index is 1.32. The number of benzene rings is 1. The number of thiophene rings is 1. The van der Waals surface area contributed by atoms with E-state index < -0.39 is 6.10 Å². The zero-order valence-corrected chi connectivity index (χ0v) is 17.3. The van der Waals surface area contributed by atoms with Crippen molar-refractivity contribution in [1.29, 1.82) is 0 Å². The summed E-state index contributed by atoms with van der Waals surface area (Å²) in [7, 11) is 2.15. The van der Waals surface area contributed by atoms with Gasteiger partial charge in [0.05, 0.1) is 6.10 Å². The van der Waals surface area contributed by atoms with Crippen LogP contribution < -0.4 is 4.90 Å². The molecule has 2 aromatic rings. The van der Waals surface area contributed by atoms with E-state index >= 15 is 0 Å². The fourth-order valence-electron chi connectivity index (χ4n) is 4.17. The van der Waals surface area contributed by atoms with E-state index in [0.29, 0.717) is 13.1 Å². The number of hydrogen-bond acceptors (Lipinski definition) is 5. The van der Waals surface area contributed by atoms with Gasteiger partial charge in [-0.3, -0.25) is 4.79 Å². The van der Waals surface area contributed by atoms with Gasteiger partial charge >= 0.3 is 0 Å². The quantitative estimate of drug-likeness (QED) is 0.858. The monoisotopic (exact) mass is 399 g/mol. The molecule has 0 radical (unpaired) electrons. The van der Waals surface area contributed by atoms with E-state index in [1.54, 1.807) is 11.3 Å². The summed E-state index contributed by atoms with van der Waals surface area (Å²) >= 11 is 1.60. The van der Waals surface area contributed by atoms with Gasteiger partial charge in [-0.2, -0.15) is 0 Å². The zero-order valence-electron chi connectivity index (χ0n) is 16.5. The molecule has 0 spiro atoms. The van der Waals surface area contributed by atoms with Crippen LogP contribution in [0.3, 0.4) is 0 Å². The Kier molecular flexibility index (Phi) is 5.99. The number of amides is 1. The molecule has 5 nitrogen and oxygen atoms in total. The van der Waals surface area contributed by atoms with Crippen LogP contribution in [0, 0.1) is 5.92 Å². The van der Waals surface area contributed by atoms with Crippen molar-refractivity contribution in [3.63, 3.8) is 0 Å². The van der Waals surface area contributed by atoms with Crippen molar-refractivity contribution in [2.75, 3.05) is 51.2 Å². The number of nitrogens with zero attached hydrogens (tertiary/aromatic N) is 3. The fourth-order valence-corrected chi connectivity index (χ4v) is 4.98. The van der Waals surface area contributed by atoms with Crippen LogP contribution in [0.1, 0.15) is 34.2 Å². The van der Waals surface area contributed by atoms with Crippen molar-refractivity contribution < 1.29 is 9.90 Å². The van der Waals surface area contributed by atoms with E-state index in [1.807, 2.05) is 34.5 Å². The highest BCUT2D eigenvalue weighted by Crippen LogP contribution is 2.33. The number of hydrogen-bond donors (Lipinski definition) is 1. The molecule has 3 heterocycles. The summed E-state index contributed by atoms with van der Waals surface area (Å²) in [4.78, 5) is 20.6. The second-order valence-electron chi connectivity index (χ2n) is 7.93. The normalized spacial score (nSPS) is 20.4. The van der Waals surface area contributed by atoms with Gasteiger partial charge in [0.15, 0.2) is 0 Å². The molecule has 1 aromatic heterocycles. The van der Waals surface area contributed by atoms with Crippen LogP contribution in [0.4, 0.5) is 5.69 Å². The van der Waals surface area contributed by atoms with E-state index in [-0.39, 0.29) is 11.8 Å². The number of piperazine rings is 1. The first-order chi connectivity index (χ1) is 13.6. The predicted molar refractivity (Wildman–Crippen MR) is 114 cm³/mol. The highest BCUT2D eigenvalue weighted by molar-refractivity contribution is 7.10. The van der Waals surface area contributed by atoms with Crippen molar-refractivity contribution in [1.82, 2.24) is 9.80 Å². The molecule has 150 valence electrons. The standard InChI is InChI=1S/C22H29N3O2S/c1-23-12-14-24(15-13-23)19-6-4-18(5-7-19)22(27)25-10-8-17(9-11-25)21(26)20-3-2-16-28-20/h2-7,16-17,21,26H,8-15H2,1H3. The first-order valence-electron chi connectivity index (χ1n) is 10.2. The Labute approximate surface area is 171 Å². The van der Waals surface area contributed by atoms with Crippen LogP contribution >= 0.6 is 11.3 Å². The van der Waals surface area contributed by atoms with E-state index in [4.69, 9.17) is 0 Å². The van der Waals surface area contributed by atoms with Crippen LogP contribution in [0.2, 0.25) is 0 Å². The van der Waals surface area contributed by atoms with Crippen molar-refractivity contribution in [3.8, 4) is 0 Å². The molecule has 1 aromatic carbocycles. The third kappa shape index (κ3) is 4.24. The Hall–Kier alpha value is -1.89. The van der Waals surface area contributed by atoms with Crippen molar-refractivity contribution in [3.05, 3.63) is 52.2 Å². The van der Waals surface area contributed by atoms with Gasteiger partial charge in [0, 0.05) is 55.4 Å². The van der Waals surface area contributed by atoms with E-state index in [1.165, 1.54) is 5.69 Å².